The molecular weight excluding hydrogens is 200 g/mol. The van der Waals surface area contributed by atoms with Gasteiger partial charge in [0.2, 0.25) is 0 Å². The molecule has 1 heterocycles. The number of hydrogen-bond donors (Lipinski definition) is 2. The predicted molar refractivity (Wildman–Crippen MR) is 66.3 cm³/mol. The van der Waals surface area contributed by atoms with E-state index in [2.05, 4.69) is 47.4 Å². The number of aromatic amines is 1. The Balaban J connectivity index is 2.19. The normalized spacial score (nSPS) is 13.5. The van der Waals surface area contributed by atoms with Gasteiger partial charge >= 0.3 is 0 Å². The molecule has 0 bridgehead atoms. The van der Waals surface area contributed by atoms with Crippen molar-refractivity contribution in [3.63, 3.8) is 0 Å². The second-order valence-electron chi connectivity index (χ2n) is 4.35. The van der Waals surface area contributed by atoms with Crippen molar-refractivity contribution in [3.8, 4) is 0 Å². The minimum absolute atomic E-state index is 0.393. The zero-order valence-corrected chi connectivity index (χ0v) is 9.77. The predicted octanol–water partition coefficient (Wildman–Crippen LogP) is 0.994. The number of rotatable bonds is 4. The van der Waals surface area contributed by atoms with Crippen molar-refractivity contribution in [2.45, 2.75) is 12.5 Å². The number of fused-ring (bicyclic) bond motifs is 1. The van der Waals surface area contributed by atoms with Crippen LogP contribution >= 0.6 is 0 Å². The van der Waals surface area contributed by atoms with Gasteiger partial charge in [0.05, 0.1) is 11.7 Å². The lowest BCUT2D eigenvalue weighted by molar-refractivity contribution is 0.298. The van der Waals surface area contributed by atoms with Crippen molar-refractivity contribution in [2.75, 3.05) is 20.6 Å². The highest BCUT2D eigenvalue weighted by atomic mass is 15.1. The van der Waals surface area contributed by atoms with E-state index < -0.39 is 0 Å². The molecule has 1 aromatic heterocycles. The second-order valence-corrected chi connectivity index (χ2v) is 4.35. The van der Waals surface area contributed by atoms with Gasteiger partial charge in [-0.2, -0.15) is 5.10 Å². The molecule has 0 saturated carbocycles. The third-order valence-electron chi connectivity index (χ3n) is 2.98. The van der Waals surface area contributed by atoms with Crippen molar-refractivity contribution < 1.29 is 0 Å². The van der Waals surface area contributed by atoms with Crippen molar-refractivity contribution in [1.29, 1.82) is 0 Å². The molecule has 1 atom stereocenters. The fourth-order valence-electron chi connectivity index (χ4n) is 1.87. The van der Waals surface area contributed by atoms with Crippen LogP contribution < -0.4 is 5.73 Å². The van der Waals surface area contributed by atoms with Gasteiger partial charge in [-0.3, -0.25) is 5.10 Å². The Bertz CT molecular complexity index is 461. The smallest absolute Gasteiger partial charge is 0.0650 e. The highest BCUT2D eigenvalue weighted by Gasteiger charge is 2.10. The van der Waals surface area contributed by atoms with E-state index in [-0.39, 0.29) is 0 Å². The lowest BCUT2D eigenvalue weighted by Crippen LogP contribution is -2.36. The van der Waals surface area contributed by atoms with E-state index in [9.17, 15) is 0 Å². The highest BCUT2D eigenvalue weighted by Crippen LogP contribution is 2.14. The van der Waals surface area contributed by atoms with E-state index in [4.69, 9.17) is 5.73 Å². The van der Waals surface area contributed by atoms with Crippen LogP contribution in [0.15, 0.2) is 24.4 Å². The van der Waals surface area contributed by atoms with E-state index in [0.29, 0.717) is 12.6 Å². The second kappa shape index (κ2) is 4.63. The molecule has 0 unspecified atom stereocenters. The molecule has 16 heavy (non-hydrogen) atoms. The van der Waals surface area contributed by atoms with E-state index in [1.165, 1.54) is 5.56 Å². The van der Waals surface area contributed by atoms with Gasteiger partial charge in [-0.1, -0.05) is 6.07 Å². The number of H-pyrrole nitrogens is 1. The summed E-state index contributed by atoms with van der Waals surface area (Å²) in [5.74, 6) is 0. The molecule has 1 aromatic carbocycles. The zero-order valence-electron chi connectivity index (χ0n) is 9.77. The quantitative estimate of drug-likeness (QED) is 0.804. The molecule has 4 nitrogen and oxygen atoms in total. The number of aromatic nitrogens is 2. The summed E-state index contributed by atoms with van der Waals surface area (Å²) in [6.45, 7) is 0.677. The maximum Gasteiger partial charge on any atom is 0.0650 e. The lowest BCUT2D eigenvalue weighted by atomic mass is 10.0. The molecule has 0 radical (unpaired) electrons. The standard InChI is InChI=1S/C12H18N4/c1-16(2)11(7-13)6-9-3-4-12-10(5-9)8-14-15-12/h3-5,8,11H,6-7,13H2,1-2H3,(H,14,15)/t11-/m0/s1. The Morgan fingerprint density at radius 3 is 2.94 bits per heavy atom. The molecule has 2 rings (SSSR count). The SMILES string of the molecule is CN(C)[C@H](CN)Cc1ccc2[nH]ncc2c1. The summed E-state index contributed by atoms with van der Waals surface area (Å²) in [5.41, 5.74) is 8.14. The highest BCUT2D eigenvalue weighted by molar-refractivity contribution is 5.78. The molecule has 0 amide bonds. The molecule has 0 aliphatic rings. The lowest BCUT2D eigenvalue weighted by Gasteiger charge is -2.22. The number of hydrogen-bond acceptors (Lipinski definition) is 3. The summed E-state index contributed by atoms with van der Waals surface area (Å²) in [4.78, 5) is 2.17. The van der Waals surface area contributed by atoms with Crippen LogP contribution in [0, 0.1) is 0 Å². The number of nitrogens with one attached hydrogen (secondary N) is 1. The summed E-state index contributed by atoms with van der Waals surface area (Å²) in [5, 5.41) is 8.13. The van der Waals surface area contributed by atoms with Crippen LogP contribution in [0.5, 0.6) is 0 Å². The summed E-state index contributed by atoms with van der Waals surface area (Å²) >= 11 is 0. The van der Waals surface area contributed by atoms with E-state index in [1.54, 1.807) is 0 Å². The molecule has 0 fully saturated rings. The Morgan fingerprint density at radius 1 is 1.44 bits per heavy atom. The molecule has 0 aliphatic carbocycles. The van der Waals surface area contributed by atoms with Gasteiger partial charge in [0, 0.05) is 18.0 Å². The number of likely N-dealkylation sites (N-methyl/N-ethyl adjacent to an activating group) is 1. The number of nitrogens with zero attached hydrogens (tertiary/aromatic N) is 2. The summed E-state index contributed by atoms with van der Waals surface area (Å²) in [6, 6.07) is 6.77. The molecule has 0 aliphatic heterocycles. The van der Waals surface area contributed by atoms with Crippen LogP contribution in [0.3, 0.4) is 0 Å². The summed E-state index contributed by atoms with van der Waals surface area (Å²) in [7, 11) is 4.13. The van der Waals surface area contributed by atoms with Gasteiger partial charge < -0.3 is 10.6 Å². The van der Waals surface area contributed by atoms with Crippen LogP contribution in [0.4, 0.5) is 0 Å². The first-order valence-electron chi connectivity index (χ1n) is 5.49. The van der Waals surface area contributed by atoms with Crippen LogP contribution in [0.2, 0.25) is 0 Å². The number of nitrogens with two attached hydrogens (primary N) is 1. The summed E-state index contributed by atoms with van der Waals surface area (Å²) in [6.07, 6.45) is 2.83. The minimum Gasteiger partial charge on any atom is -0.329 e. The first-order chi connectivity index (χ1) is 7.70. The average Bonchev–Trinajstić information content (AvgIpc) is 2.72. The fraction of sp³-hybridized carbons (Fsp3) is 0.417. The zero-order chi connectivity index (χ0) is 11.5. The van der Waals surface area contributed by atoms with Crippen LogP contribution in [-0.2, 0) is 6.42 Å². The molecule has 2 aromatic rings. The maximum atomic E-state index is 5.75. The minimum atomic E-state index is 0.393. The largest absolute Gasteiger partial charge is 0.329 e. The maximum absolute atomic E-state index is 5.75. The molecule has 0 saturated heterocycles. The topological polar surface area (TPSA) is 57.9 Å². The first-order valence-corrected chi connectivity index (χ1v) is 5.49. The van der Waals surface area contributed by atoms with Crippen molar-refractivity contribution in [3.05, 3.63) is 30.0 Å². The molecular formula is C12H18N4. The Morgan fingerprint density at radius 2 is 2.25 bits per heavy atom. The third-order valence-corrected chi connectivity index (χ3v) is 2.98. The Kier molecular flexibility index (Phi) is 3.22. The van der Waals surface area contributed by atoms with Gasteiger partial charge in [-0.25, -0.2) is 0 Å². The summed E-state index contributed by atoms with van der Waals surface area (Å²) < 4.78 is 0. The van der Waals surface area contributed by atoms with E-state index >= 15 is 0 Å². The third kappa shape index (κ3) is 2.23. The van der Waals surface area contributed by atoms with Crippen molar-refractivity contribution in [1.82, 2.24) is 15.1 Å². The van der Waals surface area contributed by atoms with Gasteiger partial charge in [0.25, 0.3) is 0 Å². The average molecular weight is 218 g/mol. The van der Waals surface area contributed by atoms with Gasteiger partial charge in [-0.15, -0.1) is 0 Å². The molecule has 86 valence electrons. The Labute approximate surface area is 95.4 Å². The molecule has 3 N–H and O–H groups in total. The van der Waals surface area contributed by atoms with Crippen molar-refractivity contribution >= 4 is 10.9 Å². The van der Waals surface area contributed by atoms with Crippen LogP contribution in [0.1, 0.15) is 5.56 Å². The van der Waals surface area contributed by atoms with Gasteiger partial charge in [0.15, 0.2) is 0 Å². The van der Waals surface area contributed by atoms with E-state index in [1.807, 2.05) is 6.20 Å². The Hall–Kier alpha value is -1.39. The van der Waals surface area contributed by atoms with Crippen LogP contribution in [-0.4, -0.2) is 41.8 Å². The van der Waals surface area contributed by atoms with Crippen LogP contribution in [0.25, 0.3) is 10.9 Å². The van der Waals surface area contributed by atoms with Crippen molar-refractivity contribution in [2.24, 2.45) is 5.73 Å². The van der Waals surface area contributed by atoms with Gasteiger partial charge in [0.1, 0.15) is 0 Å². The fourth-order valence-corrected chi connectivity index (χ4v) is 1.87. The van der Waals surface area contributed by atoms with E-state index in [0.717, 1.165) is 17.3 Å². The molecule has 4 heteroatoms. The molecule has 0 spiro atoms. The first kappa shape index (κ1) is 11.1. The van der Waals surface area contributed by atoms with Gasteiger partial charge in [-0.05, 0) is 38.2 Å². The monoisotopic (exact) mass is 218 g/mol. The number of benzene rings is 1.